The smallest absolute Gasteiger partial charge is 0.254 e. The van der Waals surface area contributed by atoms with Gasteiger partial charge in [0.1, 0.15) is 0 Å². The fourth-order valence-corrected chi connectivity index (χ4v) is 4.50. The van der Waals surface area contributed by atoms with Gasteiger partial charge in [0, 0.05) is 25.7 Å². The summed E-state index contributed by atoms with van der Waals surface area (Å²) in [5.41, 5.74) is 1.82. The van der Waals surface area contributed by atoms with Crippen LogP contribution in [0.4, 0.5) is 0 Å². The standard InChI is InChI=1S/C25H32N2O6/c1-8-27(9-2)25(29)22-16-13-20(32-6)21(33-7)14-17(16)24(28)26(3)23(22)15-10-11-18(30-4)19(12-15)31-5/h10-14,22-23H,8-9H2,1-7H3/t22-,23+/m0/s1. The number of benzene rings is 2. The van der Waals surface area contributed by atoms with Gasteiger partial charge in [-0.1, -0.05) is 6.07 Å². The summed E-state index contributed by atoms with van der Waals surface area (Å²) in [6, 6.07) is 8.33. The van der Waals surface area contributed by atoms with Crippen LogP contribution in [-0.4, -0.2) is 70.2 Å². The zero-order valence-electron chi connectivity index (χ0n) is 20.3. The van der Waals surface area contributed by atoms with E-state index in [9.17, 15) is 9.59 Å². The number of rotatable bonds is 8. The zero-order valence-corrected chi connectivity index (χ0v) is 20.3. The molecule has 0 saturated carbocycles. The number of likely N-dealkylation sites (N-methyl/N-ethyl adjacent to an activating group) is 2. The van der Waals surface area contributed by atoms with E-state index in [4.69, 9.17) is 18.9 Å². The topological polar surface area (TPSA) is 77.5 Å². The molecule has 0 unspecified atom stereocenters. The highest BCUT2D eigenvalue weighted by molar-refractivity contribution is 6.02. The summed E-state index contributed by atoms with van der Waals surface area (Å²) in [6.45, 7) is 5.01. The highest BCUT2D eigenvalue weighted by Crippen LogP contribution is 2.47. The first-order valence-electron chi connectivity index (χ1n) is 10.9. The summed E-state index contributed by atoms with van der Waals surface area (Å²) in [7, 11) is 7.89. The third-order valence-corrected chi connectivity index (χ3v) is 6.26. The quantitative estimate of drug-likeness (QED) is 0.605. The highest BCUT2D eigenvalue weighted by atomic mass is 16.5. The summed E-state index contributed by atoms with van der Waals surface area (Å²) in [5.74, 6) is 1.11. The Bertz CT molecular complexity index is 1030. The number of carbonyl (C=O) groups excluding carboxylic acids is 2. The van der Waals surface area contributed by atoms with Crippen LogP contribution >= 0.6 is 0 Å². The Morgan fingerprint density at radius 2 is 1.42 bits per heavy atom. The minimum absolute atomic E-state index is 0.0624. The fraction of sp³-hybridized carbons (Fsp3) is 0.440. The monoisotopic (exact) mass is 456 g/mol. The Balaban J connectivity index is 2.28. The summed E-state index contributed by atoms with van der Waals surface area (Å²) >= 11 is 0. The van der Waals surface area contributed by atoms with Gasteiger partial charge in [-0.25, -0.2) is 0 Å². The Labute approximate surface area is 195 Å². The predicted octanol–water partition coefficient (Wildman–Crippen LogP) is 3.50. The molecule has 0 spiro atoms. The molecule has 0 aliphatic carbocycles. The van der Waals surface area contributed by atoms with Crippen molar-refractivity contribution in [2.75, 3.05) is 48.6 Å². The molecular weight excluding hydrogens is 424 g/mol. The van der Waals surface area contributed by atoms with Crippen LogP contribution in [0.5, 0.6) is 23.0 Å². The minimum atomic E-state index is -0.638. The van der Waals surface area contributed by atoms with Gasteiger partial charge in [-0.15, -0.1) is 0 Å². The number of fused-ring (bicyclic) bond motifs is 1. The second-order valence-electron chi connectivity index (χ2n) is 7.76. The lowest BCUT2D eigenvalue weighted by Crippen LogP contribution is -2.47. The fourth-order valence-electron chi connectivity index (χ4n) is 4.50. The van der Waals surface area contributed by atoms with Gasteiger partial charge in [-0.3, -0.25) is 9.59 Å². The van der Waals surface area contributed by atoms with E-state index in [1.165, 1.54) is 14.2 Å². The molecular formula is C25H32N2O6. The molecule has 178 valence electrons. The number of nitrogens with zero attached hydrogens (tertiary/aromatic N) is 2. The van der Waals surface area contributed by atoms with E-state index in [-0.39, 0.29) is 11.8 Å². The lowest BCUT2D eigenvalue weighted by Gasteiger charge is -2.41. The Morgan fingerprint density at radius 3 is 1.97 bits per heavy atom. The lowest BCUT2D eigenvalue weighted by molar-refractivity contribution is -0.134. The molecule has 1 aliphatic rings. The van der Waals surface area contributed by atoms with Gasteiger partial charge in [0.05, 0.1) is 40.4 Å². The van der Waals surface area contributed by atoms with Crippen LogP contribution < -0.4 is 18.9 Å². The second kappa shape index (κ2) is 10.0. The van der Waals surface area contributed by atoms with E-state index in [2.05, 4.69) is 0 Å². The first-order valence-corrected chi connectivity index (χ1v) is 10.9. The third-order valence-electron chi connectivity index (χ3n) is 6.26. The maximum absolute atomic E-state index is 13.9. The van der Waals surface area contributed by atoms with E-state index < -0.39 is 12.0 Å². The van der Waals surface area contributed by atoms with Crippen molar-refractivity contribution in [2.45, 2.75) is 25.8 Å². The van der Waals surface area contributed by atoms with E-state index in [0.29, 0.717) is 47.2 Å². The molecule has 2 aromatic rings. The molecule has 8 nitrogen and oxygen atoms in total. The molecule has 2 atom stereocenters. The van der Waals surface area contributed by atoms with Crippen LogP contribution in [0.15, 0.2) is 30.3 Å². The number of methoxy groups -OCH3 is 4. The third kappa shape index (κ3) is 4.17. The summed E-state index contributed by atoms with van der Waals surface area (Å²) in [6.07, 6.45) is 0. The number of carbonyl (C=O) groups is 2. The van der Waals surface area contributed by atoms with Crippen molar-refractivity contribution in [1.82, 2.24) is 9.80 Å². The first kappa shape index (κ1) is 24.2. The minimum Gasteiger partial charge on any atom is -0.493 e. The van der Waals surface area contributed by atoms with E-state index in [0.717, 1.165) is 5.56 Å². The maximum Gasteiger partial charge on any atom is 0.254 e. The highest BCUT2D eigenvalue weighted by Gasteiger charge is 2.44. The van der Waals surface area contributed by atoms with Crippen molar-refractivity contribution >= 4 is 11.8 Å². The molecule has 0 radical (unpaired) electrons. The maximum atomic E-state index is 13.9. The van der Waals surface area contributed by atoms with Crippen molar-refractivity contribution in [3.8, 4) is 23.0 Å². The van der Waals surface area contributed by atoms with Gasteiger partial charge in [-0.05, 0) is 49.2 Å². The molecule has 33 heavy (non-hydrogen) atoms. The molecule has 0 N–H and O–H groups in total. The molecule has 0 bridgehead atoms. The normalized spacial score (nSPS) is 17.3. The Morgan fingerprint density at radius 1 is 0.879 bits per heavy atom. The molecule has 0 fully saturated rings. The first-order chi connectivity index (χ1) is 15.9. The van der Waals surface area contributed by atoms with E-state index in [1.54, 1.807) is 49.3 Å². The zero-order chi connectivity index (χ0) is 24.3. The summed E-state index contributed by atoms with van der Waals surface area (Å²) in [4.78, 5) is 30.7. The average Bonchev–Trinajstić information content (AvgIpc) is 2.85. The predicted molar refractivity (Wildman–Crippen MR) is 125 cm³/mol. The molecule has 0 aromatic heterocycles. The Hall–Kier alpha value is -3.42. The number of ether oxygens (including phenoxy) is 4. The van der Waals surface area contributed by atoms with Crippen LogP contribution in [0.1, 0.15) is 47.3 Å². The number of amides is 2. The Kier molecular flexibility index (Phi) is 7.36. The van der Waals surface area contributed by atoms with Crippen LogP contribution in [-0.2, 0) is 4.79 Å². The van der Waals surface area contributed by atoms with E-state index in [1.807, 2.05) is 26.0 Å². The van der Waals surface area contributed by atoms with Crippen molar-refractivity contribution in [1.29, 1.82) is 0 Å². The largest absolute Gasteiger partial charge is 0.493 e. The summed E-state index contributed by atoms with van der Waals surface area (Å²) < 4.78 is 21.8. The van der Waals surface area contributed by atoms with Crippen molar-refractivity contribution in [2.24, 2.45) is 0 Å². The van der Waals surface area contributed by atoms with Gasteiger partial charge >= 0.3 is 0 Å². The molecule has 1 aliphatic heterocycles. The van der Waals surface area contributed by atoms with E-state index >= 15 is 0 Å². The SMILES string of the molecule is CCN(CC)C(=O)[C@H]1c2cc(OC)c(OC)cc2C(=O)N(C)[C@@H]1c1ccc(OC)c(OC)c1. The molecule has 0 saturated heterocycles. The van der Waals surface area contributed by atoms with Gasteiger partial charge < -0.3 is 28.7 Å². The average molecular weight is 457 g/mol. The van der Waals surface area contributed by atoms with Crippen molar-refractivity contribution in [3.63, 3.8) is 0 Å². The van der Waals surface area contributed by atoms with Gasteiger partial charge in [0.25, 0.3) is 5.91 Å². The van der Waals surface area contributed by atoms with Gasteiger partial charge in [0.15, 0.2) is 23.0 Å². The molecule has 3 rings (SSSR count). The van der Waals surface area contributed by atoms with Crippen LogP contribution in [0.25, 0.3) is 0 Å². The molecule has 1 heterocycles. The van der Waals surface area contributed by atoms with Gasteiger partial charge in [-0.2, -0.15) is 0 Å². The molecule has 2 aromatic carbocycles. The lowest BCUT2D eigenvalue weighted by atomic mass is 9.78. The van der Waals surface area contributed by atoms with Crippen LogP contribution in [0, 0.1) is 0 Å². The second-order valence-corrected chi connectivity index (χ2v) is 7.76. The summed E-state index contributed by atoms with van der Waals surface area (Å²) in [5, 5.41) is 0. The van der Waals surface area contributed by atoms with Gasteiger partial charge in [0.2, 0.25) is 5.91 Å². The van der Waals surface area contributed by atoms with Crippen LogP contribution in [0.2, 0.25) is 0 Å². The van der Waals surface area contributed by atoms with Crippen LogP contribution in [0.3, 0.4) is 0 Å². The molecule has 2 amide bonds. The van der Waals surface area contributed by atoms with Crippen molar-refractivity contribution < 1.29 is 28.5 Å². The molecule has 8 heteroatoms. The number of hydrogen-bond acceptors (Lipinski definition) is 6. The number of hydrogen-bond donors (Lipinski definition) is 0. The van der Waals surface area contributed by atoms with Crippen molar-refractivity contribution in [3.05, 3.63) is 47.0 Å².